The smallest absolute Gasteiger partial charge is 0.286 e. The van der Waals surface area contributed by atoms with Gasteiger partial charge in [-0.15, -0.1) is 0 Å². The molecule has 0 saturated heterocycles. The maximum Gasteiger partial charge on any atom is 0.355 e. The molecule has 0 aliphatic carbocycles. The normalized spacial score (nSPS) is 9.95. The van der Waals surface area contributed by atoms with E-state index in [4.69, 9.17) is 9.78 Å². The van der Waals surface area contributed by atoms with Crippen molar-refractivity contribution < 1.29 is 14.6 Å². The predicted octanol–water partition coefficient (Wildman–Crippen LogP) is 3.99. The van der Waals surface area contributed by atoms with E-state index in [-0.39, 0.29) is 5.97 Å². The van der Waals surface area contributed by atoms with Crippen molar-refractivity contribution in [1.29, 1.82) is 0 Å². The average molecular weight is 256 g/mol. The molecule has 0 unspecified atom stereocenters. The maximum absolute atomic E-state index is 11.3. The van der Waals surface area contributed by atoms with Crippen LogP contribution >= 0.6 is 0 Å². The Morgan fingerprint density at radius 2 is 1.68 bits per heavy atom. The highest BCUT2D eigenvalue weighted by atomic mass is 17.2. The van der Waals surface area contributed by atoms with E-state index in [9.17, 15) is 4.79 Å². The summed E-state index contributed by atoms with van der Waals surface area (Å²) in [4.78, 5) is 21.3. The summed E-state index contributed by atoms with van der Waals surface area (Å²) in [6.07, 6.45) is 1.09. The molecule has 2 aromatic rings. The molecular formula is C16H16O3. The molecule has 2 rings (SSSR count). The Balaban J connectivity index is 2.15. The molecule has 0 aromatic heterocycles. The first-order valence-corrected chi connectivity index (χ1v) is 6.33. The molecule has 3 heteroatoms. The van der Waals surface area contributed by atoms with Crippen LogP contribution in [0.4, 0.5) is 0 Å². The number of benzene rings is 2. The van der Waals surface area contributed by atoms with Crippen LogP contribution in [0.2, 0.25) is 0 Å². The zero-order valence-corrected chi connectivity index (χ0v) is 10.8. The van der Waals surface area contributed by atoms with E-state index < -0.39 is 0 Å². The number of rotatable bonds is 5. The Labute approximate surface area is 112 Å². The Bertz CT molecular complexity index is 535. The molecule has 0 saturated carbocycles. The van der Waals surface area contributed by atoms with Crippen LogP contribution in [-0.4, -0.2) is 5.97 Å². The lowest BCUT2D eigenvalue weighted by Crippen LogP contribution is -2.07. The molecule has 0 fully saturated rings. The predicted molar refractivity (Wildman–Crippen MR) is 73.5 cm³/mol. The molecule has 0 bridgehead atoms. The number of hydrogen-bond donors (Lipinski definition) is 0. The third kappa shape index (κ3) is 3.58. The van der Waals surface area contributed by atoms with Gasteiger partial charge in [0.2, 0.25) is 0 Å². The first-order chi connectivity index (χ1) is 9.31. The van der Waals surface area contributed by atoms with Crippen LogP contribution in [0.25, 0.3) is 11.1 Å². The van der Waals surface area contributed by atoms with Gasteiger partial charge in [0.15, 0.2) is 5.75 Å². The molecule has 0 spiro atoms. The molecular weight excluding hydrogens is 240 g/mol. The summed E-state index contributed by atoms with van der Waals surface area (Å²) in [7, 11) is 0. The molecule has 3 nitrogen and oxygen atoms in total. The molecule has 2 aromatic carbocycles. The Morgan fingerprint density at radius 1 is 1.00 bits per heavy atom. The molecule has 0 atom stereocenters. The van der Waals surface area contributed by atoms with Crippen LogP contribution in [0.5, 0.6) is 5.75 Å². The maximum atomic E-state index is 11.3. The van der Waals surface area contributed by atoms with Crippen molar-refractivity contribution in [3.05, 3.63) is 54.6 Å². The van der Waals surface area contributed by atoms with Crippen LogP contribution < -0.4 is 4.89 Å². The molecule has 0 radical (unpaired) electrons. The SMILES string of the molecule is CCCC(=O)OOc1ccccc1-c1ccccc1. The summed E-state index contributed by atoms with van der Waals surface area (Å²) in [6, 6.07) is 17.3. The fourth-order valence-electron chi connectivity index (χ4n) is 1.73. The van der Waals surface area contributed by atoms with Crippen molar-refractivity contribution in [2.24, 2.45) is 0 Å². The zero-order chi connectivity index (χ0) is 13.5. The molecule has 0 N–H and O–H groups in total. The van der Waals surface area contributed by atoms with E-state index in [0.717, 1.165) is 17.5 Å². The van der Waals surface area contributed by atoms with Gasteiger partial charge < -0.3 is 0 Å². The number of para-hydroxylation sites is 1. The van der Waals surface area contributed by atoms with Gasteiger partial charge in [-0.05, 0) is 18.1 Å². The second kappa shape index (κ2) is 6.59. The Morgan fingerprint density at radius 3 is 2.42 bits per heavy atom. The van der Waals surface area contributed by atoms with Gasteiger partial charge in [-0.2, -0.15) is 0 Å². The zero-order valence-electron chi connectivity index (χ0n) is 10.8. The lowest BCUT2D eigenvalue weighted by Gasteiger charge is -2.09. The highest BCUT2D eigenvalue weighted by molar-refractivity contribution is 5.71. The fraction of sp³-hybridized carbons (Fsp3) is 0.188. The van der Waals surface area contributed by atoms with Crippen molar-refractivity contribution >= 4 is 5.97 Å². The van der Waals surface area contributed by atoms with Gasteiger partial charge in [-0.1, -0.05) is 55.5 Å². The monoisotopic (exact) mass is 256 g/mol. The van der Waals surface area contributed by atoms with E-state index in [1.807, 2.05) is 55.5 Å². The van der Waals surface area contributed by atoms with Gasteiger partial charge in [0.25, 0.3) is 0 Å². The topological polar surface area (TPSA) is 35.5 Å². The first kappa shape index (κ1) is 13.1. The molecule has 19 heavy (non-hydrogen) atoms. The third-order valence-corrected chi connectivity index (χ3v) is 2.65. The van der Waals surface area contributed by atoms with Gasteiger partial charge in [-0.25, -0.2) is 4.79 Å². The molecule has 98 valence electrons. The minimum absolute atomic E-state index is 0.355. The summed E-state index contributed by atoms with van der Waals surface area (Å²) in [5.41, 5.74) is 1.91. The molecule has 0 amide bonds. The van der Waals surface area contributed by atoms with Gasteiger partial charge >= 0.3 is 5.97 Å². The minimum atomic E-state index is -0.356. The quantitative estimate of drug-likeness (QED) is 0.599. The average Bonchev–Trinajstić information content (AvgIpc) is 2.47. The van der Waals surface area contributed by atoms with E-state index in [0.29, 0.717) is 12.2 Å². The minimum Gasteiger partial charge on any atom is -0.286 e. The lowest BCUT2D eigenvalue weighted by molar-refractivity contribution is -0.213. The summed E-state index contributed by atoms with van der Waals surface area (Å²) in [5, 5.41) is 0. The summed E-state index contributed by atoms with van der Waals surface area (Å²) >= 11 is 0. The van der Waals surface area contributed by atoms with Crippen molar-refractivity contribution in [3.63, 3.8) is 0 Å². The highest BCUT2D eigenvalue weighted by Crippen LogP contribution is 2.29. The lowest BCUT2D eigenvalue weighted by atomic mass is 10.1. The van der Waals surface area contributed by atoms with Crippen molar-refractivity contribution in [2.75, 3.05) is 0 Å². The van der Waals surface area contributed by atoms with Gasteiger partial charge in [0.05, 0.1) is 0 Å². The second-order valence-corrected chi connectivity index (χ2v) is 4.15. The van der Waals surface area contributed by atoms with E-state index >= 15 is 0 Å². The second-order valence-electron chi connectivity index (χ2n) is 4.15. The van der Waals surface area contributed by atoms with Crippen LogP contribution in [0.15, 0.2) is 54.6 Å². The van der Waals surface area contributed by atoms with Crippen molar-refractivity contribution in [2.45, 2.75) is 19.8 Å². The van der Waals surface area contributed by atoms with Crippen LogP contribution in [-0.2, 0) is 9.68 Å². The van der Waals surface area contributed by atoms with Gasteiger partial charge in [0, 0.05) is 12.0 Å². The van der Waals surface area contributed by atoms with Crippen molar-refractivity contribution in [3.8, 4) is 16.9 Å². The summed E-state index contributed by atoms with van der Waals surface area (Å²) in [6.45, 7) is 1.92. The highest BCUT2D eigenvalue weighted by Gasteiger charge is 2.09. The molecule has 0 heterocycles. The van der Waals surface area contributed by atoms with E-state index in [1.54, 1.807) is 6.07 Å². The van der Waals surface area contributed by atoms with E-state index in [2.05, 4.69) is 0 Å². The first-order valence-electron chi connectivity index (χ1n) is 6.33. The summed E-state index contributed by atoms with van der Waals surface area (Å²) < 4.78 is 0. The van der Waals surface area contributed by atoms with Crippen LogP contribution in [0, 0.1) is 0 Å². The molecule has 0 aliphatic rings. The van der Waals surface area contributed by atoms with Crippen molar-refractivity contribution in [1.82, 2.24) is 0 Å². The Hall–Kier alpha value is -2.29. The number of hydrogen-bond acceptors (Lipinski definition) is 3. The number of carbonyl (C=O) groups excluding carboxylic acids is 1. The fourth-order valence-corrected chi connectivity index (χ4v) is 1.73. The number of carbonyl (C=O) groups is 1. The Kier molecular flexibility index (Phi) is 4.56. The van der Waals surface area contributed by atoms with E-state index in [1.165, 1.54) is 0 Å². The van der Waals surface area contributed by atoms with Gasteiger partial charge in [-0.3, -0.25) is 9.78 Å². The van der Waals surface area contributed by atoms with Crippen LogP contribution in [0.1, 0.15) is 19.8 Å². The van der Waals surface area contributed by atoms with Crippen LogP contribution in [0.3, 0.4) is 0 Å². The molecule has 0 aliphatic heterocycles. The summed E-state index contributed by atoms with van der Waals surface area (Å²) in [5.74, 6) is 0.184. The standard InChI is InChI=1S/C16H16O3/c1-2-8-16(17)19-18-15-12-7-6-11-14(15)13-9-4-3-5-10-13/h3-7,9-12H,2,8H2,1H3. The van der Waals surface area contributed by atoms with Gasteiger partial charge in [0.1, 0.15) is 0 Å². The largest absolute Gasteiger partial charge is 0.355 e. The third-order valence-electron chi connectivity index (χ3n) is 2.65.